The van der Waals surface area contributed by atoms with Gasteiger partial charge in [0, 0.05) is 17.2 Å². The topological polar surface area (TPSA) is 47.7 Å². The molecule has 1 unspecified atom stereocenters. The van der Waals surface area contributed by atoms with Gasteiger partial charge in [0.05, 0.1) is 6.61 Å². The van der Waals surface area contributed by atoms with E-state index in [0.717, 1.165) is 25.2 Å². The Morgan fingerprint density at radius 3 is 2.21 bits per heavy atom. The minimum Gasteiger partial charge on any atom is -0.594 e. The molecule has 0 aliphatic heterocycles. The highest BCUT2D eigenvalue weighted by Crippen LogP contribution is 2.22. The molecule has 0 aliphatic carbocycles. The van der Waals surface area contributed by atoms with Gasteiger partial charge in [-0.25, -0.2) is 0 Å². The lowest BCUT2D eigenvalue weighted by atomic mass is 9.99. The fourth-order valence-corrected chi connectivity index (χ4v) is 3.15. The SMILES string of the molecule is CCCCCCCCOc1ccc([N+]([O-])=Nc2ccc(CC(C)CC)cc2)cc1. The predicted octanol–water partition coefficient (Wildman–Crippen LogP) is 7.94. The summed E-state index contributed by atoms with van der Waals surface area (Å²) in [6.07, 6.45) is 9.69. The first-order valence-corrected chi connectivity index (χ1v) is 11.1. The summed E-state index contributed by atoms with van der Waals surface area (Å²) in [5.41, 5.74) is 2.44. The molecule has 2 aromatic carbocycles. The van der Waals surface area contributed by atoms with Gasteiger partial charge in [0.25, 0.3) is 0 Å². The first-order valence-electron chi connectivity index (χ1n) is 11.1. The molecular formula is C25H36N2O2. The molecule has 4 nitrogen and oxygen atoms in total. The van der Waals surface area contributed by atoms with Crippen LogP contribution in [0.5, 0.6) is 5.75 Å². The van der Waals surface area contributed by atoms with Crippen LogP contribution in [-0.2, 0) is 6.42 Å². The van der Waals surface area contributed by atoms with E-state index in [1.54, 1.807) is 12.1 Å². The minimum absolute atomic E-state index is 0.501. The fourth-order valence-electron chi connectivity index (χ4n) is 3.15. The Morgan fingerprint density at radius 1 is 0.897 bits per heavy atom. The van der Waals surface area contributed by atoms with Crippen molar-refractivity contribution in [2.24, 2.45) is 11.0 Å². The third kappa shape index (κ3) is 8.68. The van der Waals surface area contributed by atoms with E-state index in [1.807, 2.05) is 24.3 Å². The van der Waals surface area contributed by atoms with Crippen molar-refractivity contribution in [1.29, 1.82) is 0 Å². The summed E-state index contributed by atoms with van der Waals surface area (Å²) in [5.74, 6) is 1.46. The zero-order chi connectivity index (χ0) is 20.9. The standard InChI is InChI=1S/C25H36N2O2/c1-4-6-7-8-9-10-19-29-25-17-15-24(16-18-25)27(28)26-23-13-11-22(12-14-23)20-21(3)5-2/h11-18,21H,4-10,19-20H2,1-3H3. The maximum Gasteiger partial charge on any atom is 0.245 e. The second-order valence-electron chi connectivity index (χ2n) is 7.87. The van der Waals surface area contributed by atoms with Crippen molar-refractivity contribution in [3.05, 3.63) is 59.3 Å². The summed E-state index contributed by atoms with van der Waals surface area (Å²) in [6.45, 7) is 7.40. The molecule has 0 bridgehead atoms. The van der Waals surface area contributed by atoms with Crippen LogP contribution in [-0.4, -0.2) is 11.5 Å². The average Bonchev–Trinajstić information content (AvgIpc) is 2.74. The summed E-state index contributed by atoms with van der Waals surface area (Å²) < 4.78 is 5.77. The third-order valence-corrected chi connectivity index (χ3v) is 5.25. The molecule has 29 heavy (non-hydrogen) atoms. The van der Waals surface area contributed by atoms with Gasteiger partial charge in [0.1, 0.15) is 11.4 Å². The second kappa shape index (κ2) is 13.0. The number of unbranched alkanes of at least 4 members (excludes halogenated alkanes) is 5. The second-order valence-corrected chi connectivity index (χ2v) is 7.87. The smallest absolute Gasteiger partial charge is 0.245 e. The summed E-state index contributed by atoms with van der Waals surface area (Å²) in [6, 6.07) is 15.1. The Morgan fingerprint density at radius 2 is 1.55 bits per heavy atom. The lowest BCUT2D eigenvalue weighted by Gasteiger charge is -2.08. The van der Waals surface area contributed by atoms with Crippen LogP contribution in [0.4, 0.5) is 11.4 Å². The molecule has 2 aromatic rings. The van der Waals surface area contributed by atoms with E-state index < -0.39 is 0 Å². The van der Waals surface area contributed by atoms with Gasteiger partial charge in [-0.05, 0) is 48.6 Å². The van der Waals surface area contributed by atoms with E-state index in [9.17, 15) is 5.21 Å². The zero-order valence-electron chi connectivity index (χ0n) is 18.3. The molecule has 0 N–H and O–H groups in total. The quantitative estimate of drug-likeness (QED) is 0.149. The van der Waals surface area contributed by atoms with Crippen molar-refractivity contribution in [3.63, 3.8) is 0 Å². The molecule has 0 heterocycles. The van der Waals surface area contributed by atoms with Crippen LogP contribution in [0, 0.1) is 11.1 Å². The summed E-state index contributed by atoms with van der Waals surface area (Å²) in [5, 5.41) is 16.5. The number of azo groups is 1. The largest absolute Gasteiger partial charge is 0.594 e. The number of rotatable bonds is 13. The van der Waals surface area contributed by atoms with Crippen LogP contribution in [0.1, 0.15) is 71.3 Å². The lowest BCUT2D eigenvalue weighted by Crippen LogP contribution is -1.98. The van der Waals surface area contributed by atoms with Crippen molar-refractivity contribution >= 4 is 11.4 Å². The van der Waals surface area contributed by atoms with Crippen molar-refractivity contribution in [2.75, 3.05) is 6.61 Å². The molecule has 2 rings (SSSR count). The van der Waals surface area contributed by atoms with Gasteiger partial charge in [-0.2, -0.15) is 0 Å². The van der Waals surface area contributed by atoms with E-state index in [1.165, 1.54) is 44.1 Å². The number of ether oxygens (including phenoxy) is 1. The van der Waals surface area contributed by atoms with Crippen molar-refractivity contribution in [1.82, 2.24) is 0 Å². The van der Waals surface area contributed by atoms with Gasteiger partial charge in [0.2, 0.25) is 5.69 Å². The molecule has 0 saturated carbocycles. The van der Waals surface area contributed by atoms with Crippen LogP contribution >= 0.6 is 0 Å². The molecule has 0 amide bonds. The Labute approximate surface area is 176 Å². The van der Waals surface area contributed by atoms with Crippen LogP contribution in [0.3, 0.4) is 0 Å². The van der Waals surface area contributed by atoms with E-state index in [0.29, 0.717) is 22.2 Å². The highest BCUT2D eigenvalue weighted by atomic mass is 16.5. The van der Waals surface area contributed by atoms with Gasteiger partial charge >= 0.3 is 0 Å². The normalized spacial score (nSPS) is 12.7. The van der Waals surface area contributed by atoms with Crippen LogP contribution in [0.2, 0.25) is 0 Å². The molecule has 0 spiro atoms. The van der Waals surface area contributed by atoms with Gasteiger partial charge in [-0.15, -0.1) is 0 Å². The van der Waals surface area contributed by atoms with Crippen molar-refractivity contribution < 1.29 is 9.60 Å². The first-order chi connectivity index (χ1) is 14.1. The highest BCUT2D eigenvalue weighted by Gasteiger charge is 2.06. The van der Waals surface area contributed by atoms with E-state index in [4.69, 9.17) is 4.74 Å². The number of nitrogens with zero attached hydrogens (tertiary/aromatic N) is 2. The Balaban J connectivity index is 1.82. The van der Waals surface area contributed by atoms with Gasteiger partial charge in [-0.1, -0.05) is 76.3 Å². The molecule has 0 aliphatic rings. The van der Waals surface area contributed by atoms with Crippen LogP contribution < -0.4 is 4.74 Å². The number of benzene rings is 2. The molecule has 0 fully saturated rings. The Bertz CT molecular complexity index is 723. The molecule has 0 aromatic heterocycles. The molecule has 0 saturated heterocycles. The van der Waals surface area contributed by atoms with Gasteiger partial charge in [-0.3, -0.25) is 0 Å². The summed E-state index contributed by atoms with van der Waals surface area (Å²) in [4.78, 5) is 0.668. The van der Waals surface area contributed by atoms with E-state index in [-0.39, 0.29) is 0 Å². The molecule has 0 radical (unpaired) electrons. The maximum absolute atomic E-state index is 12.3. The monoisotopic (exact) mass is 396 g/mol. The van der Waals surface area contributed by atoms with Crippen LogP contribution in [0.15, 0.2) is 53.6 Å². The predicted molar refractivity (Wildman–Crippen MR) is 120 cm³/mol. The number of hydrogen-bond acceptors (Lipinski definition) is 3. The first kappa shape index (κ1) is 22.9. The summed E-state index contributed by atoms with van der Waals surface area (Å²) >= 11 is 0. The highest BCUT2D eigenvalue weighted by molar-refractivity contribution is 5.39. The third-order valence-electron chi connectivity index (χ3n) is 5.25. The van der Waals surface area contributed by atoms with Crippen molar-refractivity contribution in [2.45, 2.75) is 72.1 Å². The van der Waals surface area contributed by atoms with Gasteiger partial charge in [0.15, 0.2) is 0 Å². The zero-order valence-corrected chi connectivity index (χ0v) is 18.3. The lowest BCUT2D eigenvalue weighted by molar-refractivity contribution is -0.435. The fraction of sp³-hybridized carbons (Fsp3) is 0.520. The molecular weight excluding hydrogens is 360 g/mol. The average molecular weight is 397 g/mol. The summed E-state index contributed by atoms with van der Waals surface area (Å²) in [7, 11) is 0. The molecule has 4 heteroatoms. The molecule has 1 atom stereocenters. The minimum atomic E-state index is 0.501. The number of hydrogen-bond donors (Lipinski definition) is 0. The van der Waals surface area contributed by atoms with E-state index >= 15 is 0 Å². The molecule has 158 valence electrons. The van der Waals surface area contributed by atoms with Crippen LogP contribution in [0.25, 0.3) is 0 Å². The Hall–Kier alpha value is -2.36. The Kier molecular flexibility index (Phi) is 10.3. The van der Waals surface area contributed by atoms with Gasteiger partial charge < -0.3 is 9.94 Å². The van der Waals surface area contributed by atoms with Crippen molar-refractivity contribution in [3.8, 4) is 5.75 Å². The maximum atomic E-state index is 12.3. The van der Waals surface area contributed by atoms with E-state index in [2.05, 4.69) is 38.0 Å².